The van der Waals surface area contributed by atoms with Crippen LogP contribution in [0.4, 0.5) is 0 Å². The van der Waals surface area contributed by atoms with Gasteiger partial charge in [0.05, 0.1) is 6.10 Å². The first-order valence-corrected chi connectivity index (χ1v) is 8.61. The molecule has 8 heteroatoms. The number of benzene rings is 1. The molecule has 0 aliphatic carbocycles. The van der Waals surface area contributed by atoms with Crippen molar-refractivity contribution in [2.45, 2.75) is 6.10 Å². The van der Waals surface area contributed by atoms with Crippen LogP contribution in [0.1, 0.15) is 10.5 Å². The molecule has 0 bridgehead atoms. The Labute approximate surface area is 142 Å². The van der Waals surface area contributed by atoms with Crippen LogP contribution in [-0.2, 0) is 0 Å². The van der Waals surface area contributed by atoms with Crippen molar-refractivity contribution in [2.24, 2.45) is 5.92 Å². The number of thiazole rings is 1. The van der Waals surface area contributed by atoms with Crippen LogP contribution in [0, 0.1) is 5.92 Å². The summed E-state index contributed by atoms with van der Waals surface area (Å²) in [5, 5.41) is 18.2. The number of aliphatic hydroxyl groups is 1. The topological polar surface area (TPSA) is 92.7 Å². The van der Waals surface area contributed by atoms with Crippen molar-refractivity contribution < 1.29 is 19.4 Å². The summed E-state index contributed by atoms with van der Waals surface area (Å²) in [6.45, 7) is 1.95. The minimum absolute atomic E-state index is 0.0425. The van der Waals surface area contributed by atoms with Gasteiger partial charge in [0, 0.05) is 36.5 Å². The average molecular weight is 347 g/mol. The molecule has 0 radical (unpaired) electrons. The van der Waals surface area contributed by atoms with Gasteiger partial charge in [-0.3, -0.25) is 4.79 Å². The second-order valence-electron chi connectivity index (χ2n) is 5.80. The number of aliphatic hydroxyl groups excluding tert-OH is 1. The average Bonchev–Trinajstić information content (AvgIpc) is 3.32. The lowest BCUT2D eigenvalue weighted by atomic mass is 10.1. The van der Waals surface area contributed by atoms with Gasteiger partial charge in [0.1, 0.15) is 10.7 Å². The number of fused-ring (bicyclic) bond motifs is 1. The third kappa shape index (κ3) is 2.95. The minimum Gasteiger partial charge on any atom is -0.454 e. The monoisotopic (exact) mass is 347 g/mol. The molecule has 2 unspecified atom stereocenters. The molecule has 126 valence electrons. The number of β-amino-alcohol motifs (C(OH)–C–C–N with tert-alkyl or cyclic N) is 1. The van der Waals surface area contributed by atoms with Gasteiger partial charge in [-0.2, -0.15) is 0 Å². The number of amides is 1. The Morgan fingerprint density at radius 3 is 3.08 bits per heavy atom. The molecule has 1 amide bonds. The molecular weight excluding hydrogens is 330 g/mol. The maximum atomic E-state index is 12.2. The van der Waals surface area contributed by atoms with E-state index in [1.807, 2.05) is 18.2 Å². The first-order valence-electron chi connectivity index (χ1n) is 7.73. The zero-order valence-corrected chi connectivity index (χ0v) is 13.6. The maximum Gasteiger partial charge on any atom is 0.270 e. The predicted molar refractivity (Wildman–Crippen MR) is 88.4 cm³/mol. The second-order valence-corrected chi connectivity index (χ2v) is 6.66. The van der Waals surface area contributed by atoms with Crippen LogP contribution in [0.25, 0.3) is 10.6 Å². The van der Waals surface area contributed by atoms with Gasteiger partial charge >= 0.3 is 0 Å². The summed E-state index contributed by atoms with van der Waals surface area (Å²) in [5.74, 6) is 1.23. The molecule has 7 nitrogen and oxygen atoms in total. The number of carbonyl (C=O) groups excluding carboxylic acids is 1. The molecule has 1 fully saturated rings. The zero-order valence-electron chi connectivity index (χ0n) is 12.8. The minimum atomic E-state index is -0.412. The number of nitrogens with one attached hydrogen (secondary N) is 2. The van der Waals surface area contributed by atoms with Crippen LogP contribution < -0.4 is 20.1 Å². The van der Waals surface area contributed by atoms with Crippen molar-refractivity contribution in [1.29, 1.82) is 0 Å². The molecule has 2 aliphatic rings. The fourth-order valence-corrected chi connectivity index (χ4v) is 3.58. The SMILES string of the molecule is O=C(NCC1CNCC1O)c1csc(-c2ccc3c(c2)OCO3)n1. The van der Waals surface area contributed by atoms with E-state index >= 15 is 0 Å². The summed E-state index contributed by atoms with van der Waals surface area (Å²) in [5.41, 5.74) is 1.27. The summed E-state index contributed by atoms with van der Waals surface area (Å²) in [4.78, 5) is 16.6. The molecule has 0 saturated carbocycles. The van der Waals surface area contributed by atoms with Crippen LogP contribution in [0.5, 0.6) is 11.5 Å². The first kappa shape index (κ1) is 15.4. The van der Waals surface area contributed by atoms with E-state index in [9.17, 15) is 9.90 Å². The number of rotatable bonds is 4. The lowest BCUT2D eigenvalue weighted by Crippen LogP contribution is -2.34. The van der Waals surface area contributed by atoms with E-state index in [-0.39, 0.29) is 18.6 Å². The van der Waals surface area contributed by atoms with E-state index in [0.717, 1.165) is 16.3 Å². The maximum absolute atomic E-state index is 12.2. The standard InChI is InChI=1S/C16H17N3O4S/c20-12-6-17-4-10(12)5-18-15(21)11-7-24-16(19-11)9-1-2-13-14(3-9)23-8-22-13/h1-3,7,10,12,17,20H,4-6,8H2,(H,18,21). The fourth-order valence-electron chi connectivity index (χ4n) is 2.78. The fraction of sp³-hybridized carbons (Fsp3) is 0.375. The van der Waals surface area contributed by atoms with E-state index in [2.05, 4.69) is 15.6 Å². The van der Waals surface area contributed by atoms with E-state index in [1.165, 1.54) is 11.3 Å². The predicted octanol–water partition coefficient (Wildman–Crippen LogP) is 0.849. The van der Waals surface area contributed by atoms with Crippen molar-refractivity contribution in [1.82, 2.24) is 15.6 Å². The Balaban J connectivity index is 1.43. The number of hydrogen-bond acceptors (Lipinski definition) is 7. The van der Waals surface area contributed by atoms with Crippen molar-refractivity contribution in [3.8, 4) is 22.1 Å². The summed E-state index contributed by atoms with van der Waals surface area (Å²) >= 11 is 1.41. The normalized spacial score (nSPS) is 21.9. The van der Waals surface area contributed by atoms with Crippen LogP contribution in [0.2, 0.25) is 0 Å². The highest BCUT2D eigenvalue weighted by atomic mass is 32.1. The van der Waals surface area contributed by atoms with Crippen molar-refractivity contribution in [2.75, 3.05) is 26.4 Å². The number of aromatic nitrogens is 1. The van der Waals surface area contributed by atoms with E-state index in [4.69, 9.17) is 9.47 Å². The van der Waals surface area contributed by atoms with E-state index in [1.54, 1.807) is 5.38 Å². The van der Waals surface area contributed by atoms with E-state index < -0.39 is 6.10 Å². The largest absolute Gasteiger partial charge is 0.454 e. The molecule has 2 aromatic rings. The smallest absolute Gasteiger partial charge is 0.270 e. The molecule has 1 aromatic carbocycles. The molecule has 0 spiro atoms. The van der Waals surface area contributed by atoms with E-state index in [0.29, 0.717) is 31.1 Å². The summed E-state index contributed by atoms with van der Waals surface area (Å²) in [6.07, 6.45) is -0.412. The highest BCUT2D eigenvalue weighted by Crippen LogP contribution is 2.36. The Kier molecular flexibility index (Phi) is 4.09. The molecule has 24 heavy (non-hydrogen) atoms. The number of carbonyl (C=O) groups is 1. The quantitative estimate of drug-likeness (QED) is 0.759. The van der Waals surface area contributed by atoms with Crippen LogP contribution in [-0.4, -0.2) is 48.5 Å². The molecule has 2 aliphatic heterocycles. The third-order valence-corrected chi connectivity index (χ3v) is 5.08. The Bertz CT molecular complexity index is 764. The molecule has 2 atom stereocenters. The van der Waals surface area contributed by atoms with Gasteiger partial charge in [-0.25, -0.2) is 4.98 Å². The summed E-state index contributed by atoms with van der Waals surface area (Å²) in [7, 11) is 0. The zero-order chi connectivity index (χ0) is 16.5. The van der Waals surface area contributed by atoms with Crippen LogP contribution >= 0.6 is 11.3 Å². The Morgan fingerprint density at radius 2 is 2.25 bits per heavy atom. The molecule has 3 heterocycles. The lowest BCUT2D eigenvalue weighted by Gasteiger charge is -2.13. The van der Waals surface area contributed by atoms with Gasteiger partial charge in [0.2, 0.25) is 6.79 Å². The van der Waals surface area contributed by atoms with Gasteiger partial charge in [-0.05, 0) is 18.2 Å². The lowest BCUT2D eigenvalue weighted by molar-refractivity contribution is 0.0923. The Hall–Kier alpha value is -2.16. The van der Waals surface area contributed by atoms with Gasteiger partial charge in [-0.15, -0.1) is 11.3 Å². The first-order chi connectivity index (χ1) is 11.7. The second kappa shape index (κ2) is 6.39. The summed E-state index contributed by atoms with van der Waals surface area (Å²) < 4.78 is 10.7. The Morgan fingerprint density at radius 1 is 1.38 bits per heavy atom. The van der Waals surface area contributed by atoms with Crippen molar-refractivity contribution >= 4 is 17.2 Å². The van der Waals surface area contributed by atoms with Crippen molar-refractivity contribution in [3.63, 3.8) is 0 Å². The highest BCUT2D eigenvalue weighted by Gasteiger charge is 2.25. The van der Waals surface area contributed by atoms with Gasteiger partial charge in [0.25, 0.3) is 5.91 Å². The number of nitrogens with zero attached hydrogens (tertiary/aromatic N) is 1. The van der Waals surface area contributed by atoms with Crippen molar-refractivity contribution in [3.05, 3.63) is 29.3 Å². The highest BCUT2D eigenvalue weighted by molar-refractivity contribution is 7.13. The van der Waals surface area contributed by atoms with Gasteiger partial charge in [0.15, 0.2) is 11.5 Å². The third-order valence-electron chi connectivity index (χ3n) is 4.19. The number of ether oxygens (including phenoxy) is 2. The molecule has 4 rings (SSSR count). The number of hydrogen-bond donors (Lipinski definition) is 3. The van der Waals surface area contributed by atoms with Crippen LogP contribution in [0.3, 0.4) is 0 Å². The molecule has 1 saturated heterocycles. The van der Waals surface area contributed by atoms with Gasteiger partial charge < -0.3 is 25.2 Å². The van der Waals surface area contributed by atoms with Crippen LogP contribution in [0.15, 0.2) is 23.6 Å². The molecular formula is C16H17N3O4S. The van der Waals surface area contributed by atoms with Gasteiger partial charge in [-0.1, -0.05) is 0 Å². The molecule has 3 N–H and O–H groups in total. The summed E-state index contributed by atoms with van der Waals surface area (Å²) in [6, 6.07) is 5.60. The molecule has 1 aromatic heterocycles.